The van der Waals surface area contributed by atoms with Crippen LogP contribution >= 0.6 is 11.8 Å². The third-order valence-corrected chi connectivity index (χ3v) is 4.89. The molecule has 0 spiro atoms. The SMILES string of the molecule is C=CCn1c(C)nnc1SC(C(=O)Nc1cc(C)on1)c1ccccc1. The summed E-state index contributed by atoms with van der Waals surface area (Å²) in [5, 5.41) is 15.1. The Morgan fingerprint density at radius 2 is 2.12 bits per heavy atom. The number of aryl methyl sites for hydroxylation is 2. The largest absolute Gasteiger partial charge is 0.360 e. The summed E-state index contributed by atoms with van der Waals surface area (Å²) in [5.41, 5.74) is 0.862. The number of allylic oxidation sites excluding steroid dienone is 1. The van der Waals surface area contributed by atoms with E-state index in [0.29, 0.717) is 23.3 Å². The molecule has 0 aliphatic carbocycles. The molecule has 1 N–H and O–H groups in total. The molecule has 8 heteroatoms. The van der Waals surface area contributed by atoms with Gasteiger partial charge in [0.1, 0.15) is 16.8 Å². The Kier molecular flexibility index (Phi) is 5.52. The molecule has 2 heterocycles. The van der Waals surface area contributed by atoms with Gasteiger partial charge in [-0.05, 0) is 19.4 Å². The van der Waals surface area contributed by atoms with Gasteiger partial charge in [0.25, 0.3) is 0 Å². The fraction of sp³-hybridized carbons (Fsp3) is 0.222. The molecule has 0 saturated heterocycles. The van der Waals surface area contributed by atoms with Crippen LogP contribution in [0.5, 0.6) is 0 Å². The van der Waals surface area contributed by atoms with Crippen LogP contribution in [0.3, 0.4) is 0 Å². The Hall–Kier alpha value is -2.87. The van der Waals surface area contributed by atoms with E-state index >= 15 is 0 Å². The van der Waals surface area contributed by atoms with E-state index in [0.717, 1.165) is 11.4 Å². The molecule has 0 fully saturated rings. The first kappa shape index (κ1) is 17.9. The van der Waals surface area contributed by atoms with Crippen LogP contribution in [0.4, 0.5) is 5.82 Å². The predicted molar refractivity (Wildman–Crippen MR) is 99.9 cm³/mol. The van der Waals surface area contributed by atoms with Gasteiger partial charge in [0.2, 0.25) is 5.91 Å². The topological polar surface area (TPSA) is 85.8 Å². The number of anilines is 1. The first-order chi connectivity index (χ1) is 12.6. The summed E-state index contributed by atoms with van der Waals surface area (Å²) in [6.07, 6.45) is 1.77. The van der Waals surface area contributed by atoms with Gasteiger partial charge in [0.05, 0.1) is 0 Å². The monoisotopic (exact) mass is 369 g/mol. The second-order valence-corrected chi connectivity index (χ2v) is 6.72. The van der Waals surface area contributed by atoms with Crippen molar-refractivity contribution in [1.82, 2.24) is 19.9 Å². The van der Waals surface area contributed by atoms with Gasteiger partial charge >= 0.3 is 0 Å². The lowest BCUT2D eigenvalue weighted by atomic mass is 10.1. The van der Waals surface area contributed by atoms with Gasteiger partial charge < -0.3 is 14.4 Å². The molecule has 134 valence electrons. The highest BCUT2D eigenvalue weighted by molar-refractivity contribution is 8.00. The number of carbonyl (C=O) groups is 1. The maximum Gasteiger partial charge on any atom is 0.243 e. The molecule has 0 aliphatic rings. The minimum absolute atomic E-state index is 0.208. The minimum atomic E-state index is -0.514. The van der Waals surface area contributed by atoms with Crippen molar-refractivity contribution in [3.8, 4) is 0 Å². The summed E-state index contributed by atoms with van der Waals surface area (Å²) in [6.45, 7) is 7.98. The van der Waals surface area contributed by atoms with Crippen LogP contribution in [-0.2, 0) is 11.3 Å². The van der Waals surface area contributed by atoms with Crippen molar-refractivity contribution in [1.29, 1.82) is 0 Å². The first-order valence-corrected chi connectivity index (χ1v) is 8.93. The van der Waals surface area contributed by atoms with E-state index in [-0.39, 0.29) is 5.91 Å². The third-order valence-electron chi connectivity index (χ3n) is 3.66. The molecule has 0 bridgehead atoms. The average molecular weight is 369 g/mol. The van der Waals surface area contributed by atoms with Gasteiger partial charge in [-0.1, -0.05) is 53.3 Å². The number of benzene rings is 1. The van der Waals surface area contributed by atoms with E-state index < -0.39 is 5.25 Å². The van der Waals surface area contributed by atoms with Crippen molar-refractivity contribution in [2.75, 3.05) is 5.32 Å². The maximum atomic E-state index is 12.9. The van der Waals surface area contributed by atoms with Crippen molar-refractivity contribution in [3.63, 3.8) is 0 Å². The summed E-state index contributed by atoms with van der Waals surface area (Å²) in [5.74, 6) is 1.58. The molecule has 2 aromatic heterocycles. The summed E-state index contributed by atoms with van der Waals surface area (Å²) in [7, 11) is 0. The standard InChI is InChI=1S/C18H19N5O2S/c1-4-10-23-13(3)20-21-18(23)26-16(14-8-6-5-7-9-14)17(24)19-15-11-12(2)25-22-15/h4-9,11,16H,1,10H2,2-3H3,(H,19,22,24). The molecule has 0 saturated carbocycles. The van der Waals surface area contributed by atoms with Gasteiger partial charge in [-0.2, -0.15) is 0 Å². The highest BCUT2D eigenvalue weighted by Crippen LogP contribution is 2.35. The molecular formula is C18H19N5O2S. The Morgan fingerprint density at radius 3 is 2.77 bits per heavy atom. The van der Waals surface area contributed by atoms with Gasteiger partial charge in [0, 0.05) is 12.6 Å². The van der Waals surface area contributed by atoms with Crippen LogP contribution in [0.15, 0.2) is 58.7 Å². The highest BCUT2D eigenvalue weighted by atomic mass is 32.2. The number of nitrogens with one attached hydrogen (secondary N) is 1. The average Bonchev–Trinajstić information content (AvgIpc) is 3.20. The lowest BCUT2D eigenvalue weighted by Crippen LogP contribution is -2.19. The van der Waals surface area contributed by atoms with Crippen LogP contribution < -0.4 is 5.32 Å². The molecule has 0 aliphatic heterocycles. The van der Waals surface area contributed by atoms with Crippen molar-refractivity contribution in [2.24, 2.45) is 0 Å². The number of carbonyl (C=O) groups excluding carboxylic acids is 1. The smallest absolute Gasteiger partial charge is 0.243 e. The maximum absolute atomic E-state index is 12.9. The van der Waals surface area contributed by atoms with Crippen LogP contribution in [-0.4, -0.2) is 25.8 Å². The van der Waals surface area contributed by atoms with Gasteiger partial charge in [-0.15, -0.1) is 16.8 Å². The molecule has 3 aromatic rings. The molecule has 1 atom stereocenters. The zero-order valence-corrected chi connectivity index (χ0v) is 15.4. The van der Waals surface area contributed by atoms with Crippen molar-refractivity contribution >= 4 is 23.5 Å². The van der Waals surface area contributed by atoms with E-state index in [4.69, 9.17) is 4.52 Å². The Morgan fingerprint density at radius 1 is 1.35 bits per heavy atom. The molecule has 0 radical (unpaired) electrons. The van der Waals surface area contributed by atoms with E-state index in [1.165, 1.54) is 11.8 Å². The molecule has 26 heavy (non-hydrogen) atoms. The molecule has 1 amide bonds. The predicted octanol–water partition coefficient (Wildman–Crippen LogP) is 3.54. The second kappa shape index (κ2) is 8.01. The minimum Gasteiger partial charge on any atom is -0.360 e. The summed E-state index contributed by atoms with van der Waals surface area (Å²) in [6, 6.07) is 11.2. The fourth-order valence-electron chi connectivity index (χ4n) is 2.41. The summed E-state index contributed by atoms with van der Waals surface area (Å²) in [4.78, 5) is 12.9. The molecular weight excluding hydrogens is 350 g/mol. The summed E-state index contributed by atoms with van der Waals surface area (Å²) < 4.78 is 6.93. The third kappa shape index (κ3) is 4.02. The summed E-state index contributed by atoms with van der Waals surface area (Å²) >= 11 is 1.33. The first-order valence-electron chi connectivity index (χ1n) is 8.05. The fourth-order valence-corrected chi connectivity index (χ4v) is 3.50. The molecule has 1 unspecified atom stereocenters. The molecule has 3 rings (SSSR count). The number of aromatic nitrogens is 4. The lowest BCUT2D eigenvalue weighted by Gasteiger charge is -2.16. The van der Waals surface area contributed by atoms with E-state index in [2.05, 4.69) is 27.2 Å². The lowest BCUT2D eigenvalue weighted by molar-refractivity contribution is -0.115. The Labute approximate surface area is 155 Å². The normalized spacial score (nSPS) is 11.9. The number of nitrogens with zero attached hydrogens (tertiary/aromatic N) is 4. The van der Waals surface area contributed by atoms with E-state index in [1.807, 2.05) is 41.8 Å². The van der Waals surface area contributed by atoms with E-state index in [1.54, 1.807) is 19.1 Å². The van der Waals surface area contributed by atoms with Gasteiger partial charge in [-0.3, -0.25) is 4.79 Å². The second-order valence-electron chi connectivity index (χ2n) is 5.65. The quantitative estimate of drug-likeness (QED) is 0.506. The van der Waals surface area contributed by atoms with Crippen molar-refractivity contribution in [2.45, 2.75) is 30.8 Å². The van der Waals surface area contributed by atoms with Crippen molar-refractivity contribution < 1.29 is 9.32 Å². The number of amides is 1. The van der Waals surface area contributed by atoms with Crippen LogP contribution in [0.25, 0.3) is 0 Å². The van der Waals surface area contributed by atoms with Gasteiger partial charge in [-0.25, -0.2) is 0 Å². The number of rotatable bonds is 7. The number of hydrogen-bond acceptors (Lipinski definition) is 6. The van der Waals surface area contributed by atoms with E-state index in [9.17, 15) is 4.79 Å². The van der Waals surface area contributed by atoms with Crippen LogP contribution in [0.2, 0.25) is 0 Å². The number of thioether (sulfide) groups is 1. The van der Waals surface area contributed by atoms with Gasteiger partial charge in [0.15, 0.2) is 11.0 Å². The van der Waals surface area contributed by atoms with Crippen LogP contribution in [0, 0.1) is 13.8 Å². The van der Waals surface area contributed by atoms with Crippen molar-refractivity contribution in [3.05, 3.63) is 66.2 Å². The van der Waals surface area contributed by atoms with Crippen LogP contribution in [0.1, 0.15) is 22.4 Å². The number of hydrogen-bond donors (Lipinski definition) is 1. The molecule has 7 nitrogen and oxygen atoms in total. The highest BCUT2D eigenvalue weighted by Gasteiger charge is 2.25. The zero-order chi connectivity index (χ0) is 18.5. The molecule has 1 aromatic carbocycles. The Balaban J connectivity index is 1.89. The zero-order valence-electron chi connectivity index (χ0n) is 14.5. The Bertz CT molecular complexity index is 903.